The molecule has 2 heterocycles. The summed E-state index contributed by atoms with van der Waals surface area (Å²) in [5, 5.41) is 6.12. The molecular formula is C47H30N2S2. The van der Waals surface area contributed by atoms with E-state index in [9.17, 15) is 0 Å². The second-order valence-electron chi connectivity index (χ2n) is 12.8. The van der Waals surface area contributed by atoms with Crippen LogP contribution in [0.1, 0.15) is 0 Å². The maximum atomic E-state index is 5.06. The SMILES string of the molecule is c1ccc(-c2ccc(N(c3ccc(-c4cccc5ccccc45)cc3)c3cccc4c3sc3cc5nc(-c6ccccc6)sc5cc34)cc2)cc1. The highest BCUT2D eigenvalue weighted by atomic mass is 32.1. The standard InChI is InChI=1S/C47H30N2S2/c1-3-11-31(12-4-1)32-21-25-36(26-22-32)49(37-27-23-34(24-28-37)39-18-9-16-33-13-7-8-17-38(33)39)43-20-10-19-40-41-29-45-42(30-44(41)50-46(40)43)48-47(51-45)35-14-5-2-6-15-35/h1-30H. The average Bonchev–Trinajstić information content (AvgIpc) is 3.79. The average molecular weight is 687 g/mol. The van der Waals surface area contributed by atoms with Crippen LogP contribution in [0.3, 0.4) is 0 Å². The molecule has 0 aliphatic heterocycles. The van der Waals surface area contributed by atoms with Gasteiger partial charge in [0, 0.05) is 32.4 Å². The van der Waals surface area contributed by atoms with Crippen molar-refractivity contribution in [3.63, 3.8) is 0 Å². The van der Waals surface area contributed by atoms with E-state index in [1.807, 2.05) is 11.3 Å². The number of hydrogen-bond acceptors (Lipinski definition) is 4. The van der Waals surface area contributed by atoms with Gasteiger partial charge in [0.25, 0.3) is 0 Å². The fraction of sp³-hybridized carbons (Fsp3) is 0. The lowest BCUT2D eigenvalue weighted by atomic mass is 9.98. The Kier molecular flexibility index (Phi) is 7.23. The molecule has 0 unspecified atom stereocenters. The molecular weight excluding hydrogens is 657 g/mol. The Morgan fingerprint density at radius 2 is 1.02 bits per heavy atom. The van der Waals surface area contributed by atoms with Gasteiger partial charge in [0.1, 0.15) is 5.01 Å². The number of fused-ring (bicyclic) bond motifs is 5. The molecule has 0 spiro atoms. The number of anilines is 3. The summed E-state index contributed by atoms with van der Waals surface area (Å²) in [6.45, 7) is 0. The van der Waals surface area contributed by atoms with Gasteiger partial charge in [0.05, 0.1) is 20.6 Å². The van der Waals surface area contributed by atoms with E-state index in [0.29, 0.717) is 0 Å². The maximum absolute atomic E-state index is 5.06. The van der Waals surface area contributed by atoms with E-state index in [1.54, 1.807) is 11.3 Å². The minimum absolute atomic E-state index is 1.05. The first kappa shape index (κ1) is 29.8. The van der Waals surface area contributed by atoms with Crippen molar-refractivity contribution in [3.8, 4) is 32.8 Å². The molecule has 0 atom stereocenters. The molecule has 2 aromatic heterocycles. The van der Waals surface area contributed by atoms with Gasteiger partial charge in [-0.05, 0) is 75.5 Å². The van der Waals surface area contributed by atoms with Crippen molar-refractivity contribution in [1.82, 2.24) is 4.98 Å². The first-order valence-corrected chi connectivity index (χ1v) is 18.8. The molecule has 0 fully saturated rings. The van der Waals surface area contributed by atoms with Gasteiger partial charge in [0.2, 0.25) is 0 Å². The van der Waals surface area contributed by atoms with Crippen LogP contribution in [0.4, 0.5) is 17.1 Å². The molecule has 4 heteroatoms. The Morgan fingerprint density at radius 3 is 1.78 bits per heavy atom. The molecule has 10 rings (SSSR count). The molecule has 0 amide bonds. The normalized spacial score (nSPS) is 11.5. The van der Waals surface area contributed by atoms with Gasteiger partial charge >= 0.3 is 0 Å². The van der Waals surface area contributed by atoms with Gasteiger partial charge in [-0.1, -0.05) is 140 Å². The largest absolute Gasteiger partial charge is 0.309 e. The molecule has 2 nitrogen and oxygen atoms in total. The van der Waals surface area contributed by atoms with Crippen molar-refractivity contribution < 1.29 is 0 Å². The molecule has 0 radical (unpaired) electrons. The number of thiophene rings is 1. The number of thiazole rings is 1. The lowest BCUT2D eigenvalue weighted by Gasteiger charge is -2.26. The van der Waals surface area contributed by atoms with Gasteiger partial charge < -0.3 is 4.90 Å². The minimum atomic E-state index is 1.05. The van der Waals surface area contributed by atoms with Crippen molar-refractivity contribution in [1.29, 1.82) is 0 Å². The molecule has 0 saturated heterocycles. The van der Waals surface area contributed by atoms with Crippen LogP contribution >= 0.6 is 22.7 Å². The Labute approximate surface area is 304 Å². The fourth-order valence-corrected chi connectivity index (χ4v) is 9.43. The molecule has 8 aromatic carbocycles. The molecule has 0 N–H and O–H groups in total. The van der Waals surface area contributed by atoms with Crippen LogP contribution in [0.25, 0.3) is 74.0 Å². The molecule has 240 valence electrons. The summed E-state index contributed by atoms with van der Waals surface area (Å²) in [5.74, 6) is 0. The first-order valence-electron chi connectivity index (χ1n) is 17.1. The zero-order valence-corrected chi connectivity index (χ0v) is 29.2. The van der Waals surface area contributed by atoms with Crippen molar-refractivity contribution in [3.05, 3.63) is 182 Å². The van der Waals surface area contributed by atoms with E-state index in [4.69, 9.17) is 4.98 Å². The highest BCUT2D eigenvalue weighted by Crippen LogP contribution is 2.47. The van der Waals surface area contributed by atoms with Gasteiger partial charge in [-0.25, -0.2) is 4.98 Å². The van der Waals surface area contributed by atoms with Crippen LogP contribution in [0.5, 0.6) is 0 Å². The molecule has 0 bridgehead atoms. The van der Waals surface area contributed by atoms with Crippen molar-refractivity contribution in [2.24, 2.45) is 0 Å². The van der Waals surface area contributed by atoms with Crippen molar-refractivity contribution >= 4 is 80.9 Å². The lowest BCUT2D eigenvalue weighted by Crippen LogP contribution is -2.10. The summed E-state index contributed by atoms with van der Waals surface area (Å²) >= 11 is 3.61. The monoisotopic (exact) mass is 686 g/mol. The third-order valence-corrected chi connectivity index (χ3v) is 12.0. The van der Waals surface area contributed by atoms with Gasteiger partial charge in [-0.15, -0.1) is 22.7 Å². The van der Waals surface area contributed by atoms with Crippen molar-refractivity contribution in [2.45, 2.75) is 0 Å². The number of aromatic nitrogens is 1. The zero-order chi connectivity index (χ0) is 33.7. The van der Waals surface area contributed by atoms with Gasteiger partial charge in [-0.2, -0.15) is 0 Å². The fourth-order valence-electron chi connectivity index (χ4n) is 7.21. The second kappa shape index (κ2) is 12.4. The first-order chi connectivity index (χ1) is 25.3. The lowest BCUT2D eigenvalue weighted by molar-refractivity contribution is 1.30. The smallest absolute Gasteiger partial charge is 0.124 e. The topological polar surface area (TPSA) is 16.1 Å². The van der Waals surface area contributed by atoms with E-state index in [-0.39, 0.29) is 0 Å². The Morgan fingerprint density at radius 1 is 0.412 bits per heavy atom. The quantitative estimate of drug-likeness (QED) is 0.173. The molecule has 0 saturated carbocycles. The molecule has 51 heavy (non-hydrogen) atoms. The second-order valence-corrected chi connectivity index (χ2v) is 14.9. The Bertz CT molecular complexity index is 2830. The molecule has 10 aromatic rings. The van der Waals surface area contributed by atoms with Crippen LogP contribution in [0.2, 0.25) is 0 Å². The summed E-state index contributed by atoms with van der Waals surface area (Å²) in [5.41, 5.74) is 10.5. The predicted octanol–water partition coefficient (Wildman–Crippen LogP) is 14.3. The van der Waals surface area contributed by atoms with E-state index < -0.39 is 0 Å². The van der Waals surface area contributed by atoms with E-state index >= 15 is 0 Å². The van der Waals surface area contributed by atoms with Crippen LogP contribution < -0.4 is 4.90 Å². The number of rotatable bonds is 6. The third-order valence-electron chi connectivity index (χ3n) is 9.71. The third kappa shape index (κ3) is 5.28. The van der Waals surface area contributed by atoms with E-state index in [0.717, 1.165) is 27.5 Å². The number of benzene rings is 8. The summed E-state index contributed by atoms with van der Waals surface area (Å²) in [6, 6.07) is 65.6. The summed E-state index contributed by atoms with van der Waals surface area (Å²) in [6.07, 6.45) is 0. The maximum Gasteiger partial charge on any atom is 0.124 e. The van der Waals surface area contributed by atoms with E-state index in [1.165, 1.54) is 63.6 Å². The van der Waals surface area contributed by atoms with Crippen LogP contribution in [-0.2, 0) is 0 Å². The Balaban J connectivity index is 1.12. The zero-order valence-electron chi connectivity index (χ0n) is 27.5. The number of nitrogens with zero attached hydrogens (tertiary/aromatic N) is 2. The molecule has 0 aliphatic rings. The van der Waals surface area contributed by atoms with Crippen LogP contribution in [0, 0.1) is 0 Å². The van der Waals surface area contributed by atoms with Gasteiger partial charge in [-0.3, -0.25) is 0 Å². The number of hydrogen-bond donors (Lipinski definition) is 0. The predicted molar refractivity (Wildman–Crippen MR) is 221 cm³/mol. The van der Waals surface area contributed by atoms with Crippen LogP contribution in [0.15, 0.2) is 182 Å². The Hall–Kier alpha value is -6.07. The summed E-state index contributed by atoms with van der Waals surface area (Å²) < 4.78 is 3.73. The summed E-state index contributed by atoms with van der Waals surface area (Å²) in [4.78, 5) is 7.47. The minimum Gasteiger partial charge on any atom is -0.309 e. The summed E-state index contributed by atoms with van der Waals surface area (Å²) in [7, 11) is 0. The molecule has 0 aliphatic carbocycles. The highest BCUT2D eigenvalue weighted by Gasteiger charge is 2.20. The van der Waals surface area contributed by atoms with Gasteiger partial charge in [0.15, 0.2) is 0 Å². The van der Waals surface area contributed by atoms with Crippen LogP contribution in [-0.4, -0.2) is 4.98 Å². The van der Waals surface area contributed by atoms with Crippen molar-refractivity contribution in [2.75, 3.05) is 4.90 Å². The highest BCUT2D eigenvalue weighted by molar-refractivity contribution is 7.27. The van der Waals surface area contributed by atoms with E-state index in [2.05, 4.69) is 187 Å².